The number of fused-ring (bicyclic) bond motifs is 2. The molecule has 5 rings (SSSR count). The molecule has 0 spiro atoms. The number of benzene rings is 2. The Morgan fingerprint density at radius 2 is 1.80 bits per heavy atom. The zero-order valence-electron chi connectivity index (χ0n) is 19.7. The number of anilines is 1. The fourth-order valence-corrected chi connectivity index (χ4v) is 5.79. The van der Waals surface area contributed by atoms with E-state index in [0.29, 0.717) is 38.5 Å². The lowest BCUT2D eigenvalue weighted by Gasteiger charge is -2.24. The van der Waals surface area contributed by atoms with Crippen LogP contribution in [0.4, 0.5) is 5.69 Å². The van der Waals surface area contributed by atoms with Crippen molar-refractivity contribution in [2.75, 3.05) is 25.7 Å². The summed E-state index contributed by atoms with van der Waals surface area (Å²) in [6.45, 7) is 4.10. The quantitative estimate of drug-likeness (QED) is 0.524. The van der Waals surface area contributed by atoms with Crippen molar-refractivity contribution in [3.8, 4) is 5.75 Å². The third kappa shape index (κ3) is 3.42. The third-order valence-corrected chi connectivity index (χ3v) is 7.35. The molecular weight excluding hydrogens is 466 g/mol. The molecule has 3 heterocycles. The number of carbonyl (C=O) groups excluding carboxylic acids is 2. The highest BCUT2D eigenvalue weighted by molar-refractivity contribution is 7.07. The Hall–Kier alpha value is -3.98. The van der Waals surface area contributed by atoms with E-state index in [1.807, 2.05) is 31.2 Å². The Kier molecular flexibility index (Phi) is 5.64. The Morgan fingerprint density at radius 1 is 1.09 bits per heavy atom. The number of rotatable bonds is 4. The normalized spacial score (nSPS) is 18.2. The average Bonchev–Trinajstić information content (AvgIpc) is 3.34. The molecule has 0 saturated heterocycles. The van der Waals surface area contributed by atoms with Gasteiger partial charge in [0.15, 0.2) is 4.80 Å². The molecule has 0 radical (unpaired) electrons. The fraction of sp³-hybridized carbons (Fsp3) is 0.231. The first-order valence-corrected chi connectivity index (χ1v) is 11.9. The SMILES string of the molecule is CCN1C(=O)/C(=c2\sc3n(c2=O)[C@@H](c2ccc(OC)cc2)C(C(=O)OC)=C(C)N=3)c2ccccc21. The van der Waals surface area contributed by atoms with Gasteiger partial charge in [0.05, 0.1) is 42.8 Å². The number of ether oxygens (including phenoxy) is 2. The van der Waals surface area contributed by atoms with Gasteiger partial charge in [-0.2, -0.15) is 0 Å². The number of thiazole rings is 1. The minimum atomic E-state index is -0.756. The molecule has 2 aromatic carbocycles. The lowest BCUT2D eigenvalue weighted by atomic mass is 9.96. The maximum Gasteiger partial charge on any atom is 0.338 e. The van der Waals surface area contributed by atoms with E-state index in [2.05, 4.69) is 4.99 Å². The highest BCUT2D eigenvalue weighted by atomic mass is 32.1. The number of likely N-dealkylation sites (N-methyl/N-ethyl adjacent to an activating group) is 1. The zero-order valence-corrected chi connectivity index (χ0v) is 20.5. The number of methoxy groups -OCH3 is 2. The van der Waals surface area contributed by atoms with E-state index < -0.39 is 12.0 Å². The van der Waals surface area contributed by atoms with Crippen LogP contribution in [0.25, 0.3) is 5.57 Å². The Balaban J connectivity index is 1.82. The second-order valence-corrected chi connectivity index (χ2v) is 9.09. The summed E-state index contributed by atoms with van der Waals surface area (Å²) in [5.41, 5.74) is 2.92. The van der Waals surface area contributed by atoms with Crippen molar-refractivity contribution in [1.82, 2.24) is 4.57 Å². The molecule has 0 unspecified atom stereocenters. The molecule has 0 N–H and O–H groups in total. The van der Waals surface area contributed by atoms with Crippen LogP contribution in [-0.2, 0) is 14.3 Å². The smallest absolute Gasteiger partial charge is 0.338 e. The minimum absolute atomic E-state index is 0.219. The molecule has 35 heavy (non-hydrogen) atoms. The molecule has 2 aliphatic rings. The number of amides is 1. The first-order chi connectivity index (χ1) is 16.9. The van der Waals surface area contributed by atoms with Gasteiger partial charge in [0.1, 0.15) is 10.3 Å². The standard InChI is InChI=1S/C26H23N3O5S/c1-5-28-18-9-7-6-8-17(18)20(23(28)30)22-24(31)29-21(15-10-12-16(33-3)13-11-15)19(25(32)34-4)14(2)27-26(29)35-22/h6-13,21H,5H2,1-4H3/b22-20-/t21-/m0/s1. The number of nitrogens with zero attached hydrogens (tertiary/aromatic N) is 3. The summed E-state index contributed by atoms with van der Waals surface area (Å²) in [6, 6.07) is 13.8. The van der Waals surface area contributed by atoms with Gasteiger partial charge in [-0.3, -0.25) is 14.2 Å². The van der Waals surface area contributed by atoms with Gasteiger partial charge < -0.3 is 14.4 Å². The van der Waals surface area contributed by atoms with Gasteiger partial charge in [0, 0.05) is 12.1 Å². The number of para-hydroxylation sites is 1. The Bertz CT molecular complexity index is 1580. The topological polar surface area (TPSA) is 90.2 Å². The van der Waals surface area contributed by atoms with Gasteiger partial charge >= 0.3 is 5.97 Å². The fourth-order valence-electron chi connectivity index (χ4n) is 4.66. The maximum atomic E-state index is 13.9. The summed E-state index contributed by atoms with van der Waals surface area (Å²) in [5, 5.41) is 0. The summed E-state index contributed by atoms with van der Waals surface area (Å²) >= 11 is 1.16. The second-order valence-electron chi connectivity index (χ2n) is 8.11. The molecule has 178 valence electrons. The van der Waals surface area contributed by atoms with Crippen LogP contribution < -0.4 is 24.5 Å². The van der Waals surface area contributed by atoms with E-state index in [4.69, 9.17) is 9.47 Å². The number of carbonyl (C=O) groups is 2. The molecule has 1 amide bonds. The van der Waals surface area contributed by atoms with E-state index in [-0.39, 0.29) is 17.0 Å². The summed E-state index contributed by atoms with van der Waals surface area (Å²) in [4.78, 5) is 46.8. The number of esters is 1. The minimum Gasteiger partial charge on any atom is -0.497 e. The highest BCUT2D eigenvalue weighted by Gasteiger charge is 2.36. The van der Waals surface area contributed by atoms with Crippen molar-refractivity contribution >= 4 is 34.5 Å². The lowest BCUT2D eigenvalue weighted by Crippen LogP contribution is -2.40. The van der Waals surface area contributed by atoms with Gasteiger partial charge in [0.2, 0.25) is 0 Å². The number of aromatic nitrogens is 1. The molecule has 1 aromatic heterocycles. The van der Waals surface area contributed by atoms with Gasteiger partial charge in [-0.1, -0.05) is 41.7 Å². The van der Waals surface area contributed by atoms with E-state index >= 15 is 0 Å². The first kappa shape index (κ1) is 22.8. The van der Waals surface area contributed by atoms with Crippen molar-refractivity contribution in [3.05, 3.63) is 90.6 Å². The summed E-state index contributed by atoms with van der Waals surface area (Å²) < 4.78 is 12.1. The van der Waals surface area contributed by atoms with Crippen LogP contribution in [0.15, 0.2) is 69.6 Å². The lowest BCUT2D eigenvalue weighted by molar-refractivity contribution is -0.136. The van der Waals surface area contributed by atoms with Gasteiger partial charge in [-0.25, -0.2) is 9.79 Å². The molecule has 9 heteroatoms. The largest absolute Gasteiger partial charge is 0.497 e. The number of hydrogen-bond acceptors (Lipinski definition) is 7. The zero-order chi connectivity index (χ0) is 24.9. The molecule has 1 atom stereocenters. The first-order valence-electron chi connectivity index (χ1n) is 11.1. The summed E-state index contributed by atoms with van der Waals surface area (Å²) in [5.74, 6) is -0.134. The monoisotopic (exact) mass is 489 g/mol. The molecule has 3 aromatic rings. The van der Waals surface area contributed by atoms with Crippen molar-refractivity contribution in [3.63, 3.8) is 0 Å². The van der Waals surface area contributed by atoms with Gasteiger partial charge in [-0.05, 0) is 37.6 Å². The van der Waals surface area contributed by atoms with E-state index in [0.717, 1.165) is 22.6 Å². The van der Waals surface area contributed by atoms with Crippen LogP contribution in [-0.4, -0.2) is 37.2 Å². The average molecular weight is 490 g/mol. The second kappa shape index (κ2) is 8.66. The van der Waals surface area contributed by atoms with Crippen molar-refractivity contribution in [2.45, 2.75) is 19.9 Å². The Morgan fingerprint density at radius 3 is 2.46 bits per heavy atom. The predicted octanol–water partition coefficient (Wildman–Crippen LogP) is 2.15. The summed E-state index contributed by atoms with van der Waals surface area (Å²) in [6.07, 6.45) is 0. The van der Waals surface area contributed by atoms with E-state index in [1.54, 1.807) is 43.2 Å². The molecular formula is C26H23N3O5S. The molecule has 0 aliphatic carbocycles. The predicted molar refractivity (Wildman–Crippen MR) is 132 cm³/mol. The van der Waals surface area contributed by atoms with Crippen molar-refractivity contribution in [1.29, 1.82) is 0 Å². The van der Waals surface area contributed by atoms with E-state index in [1.165, 1.54) is 11.7 Å². The molecule has 8 nitrogen and oxygen atoms in total. The van der Waals surface area contributed by atoms with Crippen LogP contribution in [0.3, 0.4) is 0 Å². The highest BCUT2D eigenvalue weighted by Crippen LogP contribution is 2.35. The van der Waals surface area contributed by atoms with Crippen molar-refractivity contribution < 1.29 is 19.1 Å². The van der Waals surface area contributed by atoms with Crippen LogP contribution in [0.5, 0.6) is 5.75 Å². The molecule has 0 fully saturated rings. The Labute approximate surface area is 205 Å². The summed E-state index contributed by atoms with van der Waals surface area (Å²) in [7, 11) is 2.87. The molecule has 0 saturated carbocycles. The van der Waals surface area contributed by atoms with Crippen LogP contribution in [0, 0.1) is 0 Å². The van der Waals surface area contributed by atoms with Crippen molar-refractivity contribution in [2.24, 2.45) is 4.99 Å². The van der Waals surface area contributed by atoms with Crippen LogP contribution in [0.1, 0.15) is 31.0 Å². The third-order valence-electron chi connectivity index (χ3n) is 6.30. The van der Waals surface area contributed by atoms with Gasteiger partial charge in [-0.15, -0.1) is 0 Å². The maximum absolute atomic E-state index is 13.9. The van der Waals surface area contributed by atoms with Crippen LogP contribution in [0.2, 0.25) is 0 Å². The van der Waals surface area contributed by atoms with E-state index in [9.17, 15) is 14.4 Å². The molecule has 2 aliphatic heterocycles. The number of hydrogen-bond donors (Lipinski definition) is 0. The van der Waals surface area contributed by atoms with Gasteiger partial charge in [0.25, 0.3) is 11.5 Å². The number of allylic oxidation sites excluding steroid dienone is 1. The molecule has 0 bridgehead atoms. The van der Waals surface area contributed by atoms with Crippen LogP contribution >= 0.6 is 11.3 Å².